The van der Waals surface area contributed by atoms with Gasteiger partial charge < -0.3 is 15.9 Å². The highest BCUT2D eigenvalue weighted by atomic mass is 16.4. The fraction of sp³-hybridized carbons (Fsp3) is 0.357. The summed E-state index contributed by atoms with van der Waals surface area (Å²) in [5, 5.41) is 21.2. The van der Waals surface area contributed by atoms with Gasteiger partial charge in [-0.15, -0.1) is 0 Å². The number of hydrogen-bond donors (Lipinski definition) is 3. The second-order valence-electron chi connectivity index (χ2n) is 9.78. The molecule has 0 aliphatic carbocycles. The maximum Gasteiger partial charge on any atom is 0.408 e. The van der Waals surface area contributed by atoms with Gasteiger partial charge in [0.05, 0.1) is 12.1 Å². The largest absolute Gasteiger partial charge is 0.465 e. The Labute approximate surface area is 202 Å². The molecule has 0 radical (unpaired) electrons. The summed E-state index contributed by atoms with van der Waals surface area (Å²) in [6.45, 7) is 5.53. The average Bonchev–Trinajstić information content (AvgIpc) is 2.79. The van der Waals surface area contributed by atoms with Crippen LogP contribution in [0.2, 0.25) is 0 Å². The van der Waals surface area contributed by atoms with Gasteiger partial charge in [0.2, 0.25) is 0 Å². The highest BCUT2D eigenvalue weighted by Gasteiger charge is 2.37. The lowest BCUT2D eigenvalue weighted by Crippen LogP contribution is -2.57. The molecule has 180 valence electrons. The van der Waals surface area contributed by atoms with Gasteiger partial charge in [0.25, 0.3) is 0 Å². The van der Waals surface area contributed by atoms with Crippen molar-refractivity contribution in [2.45, 2.75) is 63.8 Å². The average molecular weight is 462 g/mol. The molecular formula is C28H35N3O3. The molecule has 3 atom stereocenters. The van der Waals surface area contributed by atoms with Crippen molar-refractivity contribution in [3.63, 3.8) is 0 Å². The van der Waals surface area contributed by atoms with E-state index in [0.29, 0.717) is 19.3 Å². The van der Waals surface area contributed by atoms with Crippen LogP contribution in [-0.2, 0) is 12.8 Å². The molecule has 0 saturated heterocycles. The summed E-state index contributed by atoms with van der Waals surface area (Å²) in [4.78, 5) is 17.6. The Hall–Kier alpha value is -3.22. The Bertz CT molecular complexity index is 1030. The third-order valence-corrected chi connectivity index (χ3v) is 6.00. The molecule has 1 aromatic heterocycles. The van der Waals surface area contributed by atoms with Crippen molar-refractivity contribution in [1.29, 1.82) is 0 Å². The molecular weight excluding hydrogens is 426 g/mol. The van der Waals surface area contributed by atoms with E-state index in [0.717, 1.165) is 22.3 Å². The Morgan fingerprint density at radius 3 is 2.03 bits per heavy atom. The van der Waals surface area contributed by atoms with E-state index in [-0.39, 0.29) is 6.04 Å². The number of benzene rings is 2. The second-order valence-corrected chi connectivity index (χ2v) is 9.78. The summed E-state index contributed by atoms with van der Waals surface area (Å²) in [6.07, 6.45) is 2.89. The molecule has 0 aliphatic rings. The van der Waals surface area contributed by atoms with Crippen LogP contribution in [0, 0.1) is 0 Å². The molecule has 3 rings (SSSR count). The van der Waals surface area contributed by atoms with Crippen LogP contribution in [0.1, 0.15) is 38.3 Å². The number of aromatic nitrogens is 1. The number of nitrogens with zero attached hydrogens (tertiary/aromatic N) is 2. The van der Waals surface area contributed by atoms with Crippen molar-refractivity contribution in [2.75, 3.05) is 0 Å². The standard InChI is InChI=1S/C28H35N3O3/c1-28(2,3)31(27(33)34)25(18-20-7-5-4-6-8-20)26(32)19-24(29)17-21-9-11-22(12-10-21)23-13-15-30-16-14-23/h4-16,24-26,32H,17-19,29H2,1-3H3,(H,33,34)/t24-,25-,26-/m0/s1. The Morgan fingerprint density at radius 2 is 1.47 bits per heavy atom. The number of aliphatic hydroxyl groups is 1. The van der Waals surface area contributed by atoms with Crippen molar-refractivity contribution in [3.8, 4) is 11.1 Å². The first-order valence-electron chi connectivity index (χ1n) is 11.6. The van der Waals surface area contributed by atoms with Gasteiger partial charge in [-0.05, 0) is 74.4 Å². The topological polar surface area (TPSA) is 99.7 Å². The third kappa shape index (κ3) is 6.89. The number of rotatable bonds is 9. The van der Waals surface area contributed by atoms with Gasteiger partial charge in [-0.2, -0.15) is 0 Å². The van der Waals surface area contributed by atoms with Crippen LogP contribution in [0.5, 0.6) is 0 Å². The Morgan fingerprint density at radius 1 is 0.912 bits per heavy atom. The third-order valence-electron chi connectivity index (χ3n) is 6.00. The van der Waals surface area contributed by atoms with E-state index in [2.05, 4.69) is 17.1 Å². The number of carboxylic acid groups (broad SMARTS) is 1. The zero-order valence-electron chi connectivity index (χ0n) is 20.1. The fourth-order valence-electron chi connectivity index (χ4n) is 4.41. The van der Waals surface area contributed by atoms with Crippen LogP contribution in [-0.4, -0.2) is 49.9 Å². The highest BCUT2D eigenvalue weighted by molar-refractivity contribution is 5.66. The summed E-state index contributed by atoms with van der Waals surface area (Å²) >= 11 is 0. The number of carbonyl (C=O) groups is 1. The first kappa shape index (κ1) is 25.4. The van der Waals surface area contributed by atoms with E-state index in [1.54, 1.807) is 12.4 Å². The molecule has 3 aromatic rings. The van der Waals surface area contributed by atoms with Crippen molar-refractivity contribution in [3.05, 3.63) is 90.3 Å². The number of pyridine rings is 1. The Kier molecular flexibility index (Phi) is 8.42. The monoisotopic (exact) mass is 461 g/mol. The summed E-state index contributed by atoms with van der Waals surface area (Å²) in [7, 11) is 0. The molecule has 1 amide bonds. The van der Waals surface area contributed by atoms with Gasteiger partial charge in [-0.3, -0.25) is 9.88 Å². The van der Waals surface area contributed by atoms with Crippen LogP contribution in [0.3, 0.4) is 0 Å². The van der Waals surface area contributed by atoms with E-state index in [1.807, 2.05) is 75.4 Å². The zero-order chi connectivity index (χ0) is 24.7. The fourth-order valence-corrected chi connectivity index (χ4v) is 4.41. The van der Waals surface area contributed by atoms with Gasteiger partial charge in [0.15, 0.2) is 0 Å². The van der Waals surface area contributed by atoms with Gasteiger partial charge in [0, 0.05) is 24.0 Å². The van der Waals surface area contributed by atoms with E-state index in [9.17, 15) is 15.0 Å². The lowest BCUT2D eigenvalue weighted by Gasteiger charge is -2.42. The molecule has 0 unspecified atom stereocenters. The van der Waals surface area contributed by atoms with Crippen LogP contribution in [0.4, 0.5) is 4.79 Å². The van der Waals surface area contributed by atoms with Gasteiger partial charge in [0.1, 0.15) is 0 Å². The summed E-state index contributed by atoms with van der Waals surface area (Å²) in [5.74, 6) is 0. The van der Waals surface area contributed by atoms with E-state index < -0.39 is 23.8 Å². The lowest BCUT2D eigenvalue weighted by atomic mass is 9.90. The highest BCUT2D eigenvalue weighted by Crippen LogP contribution is 2.25. The minimum Gasteiger partial charge on any atom is -0.465 e. The number of hydrogen-bond acceptors (Lipinski definition) is 4. The summed E-state index contributed by atoms with van der Waals surface area (Å²) in [5.41, 5.74) is 10.0. The SMILES string of the molecule is CC(C)(C)N(C(=O)O)[C@@H](Cc1ccccc1)[C@@H](O)C[C@@H](N)Cc1ccc(-c2ccncc2)cc1. The van der Waals surface area contributed by atoms with Crippen molar-refractivity contribution in [2.24, 2.45) is 5.73 Å². The minimum atomic E-state index is -1.05. The number of nitrogens with two attached hydrogens (primary N) is 1. The normalized spacial score (nSPS) is 14.3. The van der Waals surface area contributed by atoms with E-state index in [1.165, 1.54) is 4.90 Å². The predicted molar refractivity (Wildman–Crippen MR) is 136 cm³/mol. The van der Waals surface area contributed by atoms with Crippen LogP contribution >= 0.6 is 0 Å². The molecule has 2 aromatic carbocycles. The molecule has 1 heterocycles. The van der Waals surface area contributed by atoms with E-state index >= 15 is 0 Å². The molecule has 0 aliphatic heterocycles. The summed E-state index contributed by atoms with van der Waals surface area (Å²) in [6, 6.07) is 20.9. The molecule has 0 bridgehead atoms. The first-order valence-corrected chi connectivity index (χ1v) is 11.6. The smallest absolute Gasteiger partial charge is 0.408 e. The second kappa shape index (κ2) is 11.3. The summed E-state index contributed by atoms with van der Waals surface area (Å²) < 4.78 is 0. The number of aliphatic hydroxyl groups excluding tert-OH is 1. The lowest BCUT2D eigenvalue weighted by molar-refractivity contribution is 0.00174. The van der Waals surface area contributed by atoms with Gasteiger partial charge in [-0.25, -0.2) is 4.79 Å². The molecule has 34 heavy (non-hydrogen) atoms. The predicted octanol–water partition coefficient (Wildman–Crippen LogP) is 4.76. The molecule has 6 nitrogen and oxygen atoms in total. The number of amides is 1. The maximum absolute atomic E-state index is 12.2. The van der Waals surface area contributed by atoms with Crippen LogP contribution in [0.25, 0.3) is 11.1 Å². The van der Waals surface area contributed by atoms with Crippen LogP contribution < -0.4 is 5.73 Å². The van der Waals surface area contributed by atoms with E-state index in [4.69, 9.17) is 5.73 Å². The minimum absolute atomic E-state index is 0.295. The zero-order valence-corrected chi connectivity index (χ0v) is 20.1. The van der Waals surface area contributed by atoms with Crippen LogP contribution in [0.15, 0.2) is 79.1 Å². The quantitative estimate of drug-likeness (QED) is 0.427. The van der Waals surface area contributed by atoms with Crippen molar-refractivity contribution >= 4 is 6.09 Å². The molecule has 6 heteroatoms. The van der Waals surface area contributed by atoms with Crippen molar-refractivity contribution < 1.29 is 15.0 Å². The van der Waals surface area contributed by atoms with Gasteiger partial charge >= 0.3 is 6.09 Å². The molecule has 0 fully saturated rings. The molecule has 0 saturated carbocycles. The maximum atomic E-state index is 12.2. The molecule has 4 N–H and O–H groups in total. The first-order chi connectivity index (χ1) is 16.1. The molecule has 0 spiro atoms. The Balaban J connectivity index is 1.72. The van der Waals surface area contributed by atoms with Crippen molar-refractivity contribution in [1.82, 2.24) is 9.88 Å². The van der Waals surface area contributed by atoms with Gasteiger partial charge in [-0.1, -0.05) is 54.6 Å².